The molecule has 2 rings (SSSR count). The predicted octanol–water partition coefficient (Wildman–Crippen LogP) is 2.91. The molecule has 0 aliphatic carbocycles. The number of thiazole rings is 1. The highest BCUT2D eigenvalue weighted by atomic mass is 32.1. The maximum atomic E-state index is 11.7. The van der Waals surface area contributed by atoms with E-state index in [1.54, 1.807) is 17.5 Å². The number of aromatic nitrogens is 2. The first-order valence-corrected chi connectivity index (χ1v) is 7.49. The molecule has 0 unspecified atom stereocenters. The molecule has 0 fully saturated rings. The number of nitrogens with zero attached hydrogens (tertiary/aromatic N) is 2. The van der Waals surface area contributed by atoms with E-state index in [1.807, 2.05) is 44.4 Å². The lowest BCUT2D eigenvalue weighted by Gasteiger charge is -2.17. The zero-order chi connectivity index (χ0) is 14.6. The Morgan fingerprint density at radius 1 is 1.35 bits per heavy atom. The number of carbonyl (C=O) groups is 1. The van der Waals surface area contributed by atoms with E-state index >= 15 is 0 Å². The molecule has 2 aromatic heterocycles. The minimum absolute atomic E-state index is 0.0673. The molecule has 0 aromatic carbocycles. The summed E-state index contributed by atoms with van der Waals surface area (Å²) in [7, 11) is 0. The molecule has 0 radical (unpaired) electrons. The number of nitrogens with one attached hydrogen (secondary N) is 1. The maximum Gasteiger partial charge on any atom is 0.225 e. The molecule has 1 amide bonds. The Kier molecular flexibility index (Phi) is 4.49. The van der Waals surface area contributed by atoms with Gasteiger partial charge in [-0.15, -0.1) is 11.3 Å². The molecular weight excluding hydrogens is 270 g/mol. The fraction of sp³-hybridized carbons (Fsp3) is 0.400. The maximum absolute atomic E-state index is 11.7. The normalized spacial score (nSPS) is 11.3. The summed E-state index contributed by atoms with van der Waals surface area (Å²) in [4.78, 5) is 20.6. The molecule has 106 valence electrons. The summed E-state index contributed by atoms with van der Waals surface area (Å²) < 4.78 is 0. The molecule has 0 aliphatic rings. The quantitative estimate of drug-likeness (QED) is 0.941. The molecule has 0 saturated carbocycles. The number of carbonyl (C=O) groups excluding carboxylic acids is 1. The largest absolute Gasteiger partial charge is 0.355 e. The third kappa shape index (κ3) is 3.87. The highest BCUT2D eigenvalue weighted by molar-refractivity contribution is 7.13. The lowest BCUT2D eigenvalue weighted by Crippen LogP contribution is -2.35. The Bertz CT molecular complexity index is 572. The summed E-state index contributed by atoms with van der Waals surface area (Å²) in [5.41, 5.74) is 1.54. The van der Waals surface area contributed by atoms with E-state index in [1.165, 1.54) is 0 Å². The van der Waals surface area contributed by atoms with Crippen LogP contribution in [-0.2, 0) is 11.2 Å². The molecule has 0 spiro atoms. The SMILES string of the molecule is CC(C)(C)C(=O)NCCc1csc(-c2ccccn2)n1. The number of hydrogen-bond acceptors (Lipinski definition) is 4. The van der Waals surface area contributed by atoms with Crippen LogP contribution in [0.15, 0.2) is 29.8 Å². The van der Waals surface area contributed by atoms with Gasteiger partial charge in [-0.25, -0.2) is 4.98 Å². The van der Waals surface area contributed by atoms with Gasteiger partial charge in [-0.1, -0.05) is 26.8 Å². The van der Waals surface area contributed by atoms with Gasteiger partial charge in [-0.05, 0) is 12.1 Å². The predicted molar refractivity (Wildman–Crippen MR) is 81.5 cm³/mol. The second-order valence-corrected chi connectivity index (χ2v) is 6.47. The van der Waals surface area contributed by atoms with Crippen molar-refractivity contribution < 1.29 is 4.79 Å². The van der Waals surface area contributed by atoms with E-state index < -0.39 is 0 Å². The summed E-state index contributed by atoms with van der Waals surface area (Å²) in [5, 5.41) is 5.87. The summed E-state index contributed by atoms with van der Waals surface area (Å²) in [6.07, 6.45) is 2.51. The first-order valence-electron chi connectivity index (χ1n) is 6.61. The first kappa shape index (κ1) is 14.7. The molecule has 0 aliphatic heterocycles. The van der Waals surface area contributed by atoms with Crippen LogP contribution < -0.4 is 5.32 Å². The molecule has 5 heteroatoms. The van der Waals surface area contributed by atoms with Crippen LogP contribution in [0.2, 0.25) is 0 Å². The zero-order valence-electron chi connectivity index (χ0n) is 12.0. The minimum atomic E-state index is -0.346. The third-order valence-electron chi connectivity index (χ3n) is 2.78. The van der Waals surface area contributed by atoms with Crippen LogP contribution in [0.3, 0.4) is 0 Å². The number of pyridine rings is 1. The topological polar surface area (TPSA) is 54.9 Å². The van der Waals surface area contributed by atoms with Gasteiger partial charge in [-0.2, -0.15) is 0 Å². The van der Waals surface area contributed by atoms with E-state index in [-0.39, 0.29) is 11.3 Å². The van der Waals surface area contributed by atoms with Crippen LogP contribution in [0.1, 0.15) is 26.5 Å². The van der Waals surface area contributed by atoms with E-state index in [0.29, 0.717) is 6.54 Å². The van der Waals surface area contributed by atoms with Gasteiger partial charge in [-0.3, -0.25) is 9.78 Å². The van der Waals surface area contributed by atoms with Crippen LogP contribution >= 0.6 is 11.3 Å². The van der Waals surface area contributed by atoms with Gasteiger partial charge >= 0.3 is 0 Å². The molecule has 0 saturated heterocycles. The molecule has 2 aromatic rings. The smallest absolute Gasteiger partial charge is 0.225 e. The third-order valence-corrected chi connectivity index (χ3v) is 3.70. The van der Waals surface area contributed by atoms with Crippen molar-refractivity contribution in [1.82, 2.24) is 15.3 Å². The van der Waals surface area contributed by atoms with Crippen molar-refractivity contribution in [2.45, 2.75) is 27.2 Å². The van der Waals surface area contributed by atoms with Crippen molar-refractivity contribution in [3.05, 3.63) is 35.5 Å². The van der Waals surface area contributed by atoms with E-state index in [2.05, 4.69) is 15.3 Å². The molecule has 0 atom stereocenters. The van der Waals surface area contributed by atoms with Gasteiger partial charge in [0.2, 0.25) is 5.91 Å². The van der Waals surface area contributed by atoms with Gasteiger partial charge in [0.1, 0.15) is 5.01 Å². The average Bonchev–Trinajstić information content (AvgIpc) is 2.87. The minimum Gasteiger partial charge on any atom is -0.355 e. The Labute approximate surface area is 123 Å². The summed E-state index contributed by atoms with van der Waals surface area (Å²) >= 11 is 1.58. The van der Waals surface area contributed by atoms with Crippen molar-refractivity contribution >= 4 is 17.2 Å². The van der Waals surface area contributed by atoms with Crippen LogP contribution in [0.25, 0.3) is 10.7 Å². The van der Waals surface area contributed by atoms with E-state index in [9.17, 15) is 4.79 Å². The Morgan fingerprint density at radius 3 is 2.80 bits per heavy atom. The van der Waals surface area contributed by atoms with Gasteiger partial charge in [0.25, 0.3) is 0 Å². The van der Waals surface area contributed by atoms with E-state index in [4.69, 9.17) is 0 Å². The van der Waals surface area contributed by atoms with Crippen molar-refractivity contribution in [2.24, 2.45) is 5.41 Å². The standard InChI is InChI=1S/C15H19N3OS/c1-15(2,3)14(19)17-9-7-11-10-20-13(18-11)12-6-4-5-8-16-12/h4-6,8,10H,7,9H2,1-3H3,(H,17,19). The van der Waals surface area contributed by atoms with Crippen molar-refractivity contribution in [2.75, 3.05) is 6.54 Å². The molecule has 0 bridgehead atoms. The van der Waals surface area contributed by atoms with Crippen LogP contribution in [0.5, 0.6) is 0 Å². The highest BCUT2D eigenvalue weighted by Gasteiger charge is 2.20. The fourth-order valence-electron chi connectivity index (χ4n) is 1.60. The van der Waals surface area contributed by atoms with Gasteiger partial charge < -0.3 is 5.32 Å². The van der Waals surface area contributed by atoms with Gasteiger partial charge in [0.05, 0.1) is 11.4 Å². The molecule has 2 heterocycles. The Balaban J connectivity index is 1.90. The van der Waals surface area contributed by atoms with Gasteiger partial charge in [0.15, 0.2) is 0 Å². The lowest BCUT2D eigenvalue weighted by molar-refractivity contribution is -0.128. The summed E-state index contributed by atoms with van der Waals surface area (Å²) in [6.45, 7) is 6.33. The van der Waals surface area contributed by atoms with Crippen molar-refractivity contribution in [3.63, 3.8) is 0 Å². The van der Waals surface area contributed by atoms with Crippen LogP contribution in [0, 0.1) is 5.41 Å². The second-order valence-electron chi connectivity index (χ2n) is 5.61. The van der Waals surface area contributed by atoms with Gasteiger partial charge in [0, 0.05) is 30.0 Å². The molecule has 1 N–H and O–H groups in total. The van der Waals surface area contributed by atoms with Crippen LogP contribution in [-0.4, -0.2) is 22.4 Å². The zero-order valence-corrected chi connectivity index (χ0v) is 12.8. The monoisotopic (exact) mass is 289 g/mol. The first-order chi connectivity index (χ1) is 9.47. The number of amides is 1. The molecule has 20 heavy (non-hydrogen) atoms. The van der Waals surface area contributed by atoms with Crippen LogP contribution in [0.4, 0.5) is 0 Å². The molecule has 4 nitrogen and oxygen atoms in total. The average molecular weight is 289 g/mol. The second kappa shape index (κ2) is 6.13. The van der Waals surface area contributed by atoms with Crippen molar-refractivity contribution in [1.29, 1.82) is 0 Å². The Morgan fingerprint density at radius 2 is 2.15 bits per heavy atom. The molecular formula is C15H19N3OS. The number of hydrogen-bond donors (Lipinski definition) is 1. The lowest BCUT2D eigenvalue weighted by atomic mass is 9.96. The van der Waals surface area contributed by atoms with Crippen molar-refractivity contribution in [3.8, 4) is 10.7 Å². The fourth-order valence-corrected chi connectivity index (χ4v) is 2.43. The highest BCUT2D eigenvalue weighted by Crippen LogP contribution is 2.21. The van der Waals surface area contributed by atoms with E-state index in [0.717, 1.165) is 22.8 Å². The Hall–Kier alpha value is -1.75. The summed E-state index contributed by atoms with van der Waals surface area (Å²) in [5.74, 6) is 0.0673. The number of rotatable bonds is 4. The summed E-state index contributed by atoms with van der Waals surface area (Å²) in [6, 6.07) is 5.79.